The molecular weight excluding hydrogens is 426 g/mol. The van der Waals surface area contributed by atoms with Gasteiger partial charge >= 0.3 is 0 Å². The molecule has 0 radical (unpaired) electrons. The number of rotatable bonds is 9. The van der Waals surface area contributed by atoms with Crippen molar-refractivity contribution in [3.05, 3.63) is 65.7 Å². The van der Waals surface area contributed by atoms with Gasteiger partial charge in [-0.1, -0.05) is 31.2 Å². The van der Waals surface area contributed by atoms with Gasteiger partial charge in [0.1, 0.15) is 30.5 Å². The molecule has 1 aliphatic rings. The highest BCUT2D eigenvalue weighted by molar-refractivity contribution is 5.89. The smallest absolute Gasteiger partial charge is 0.123 e. The van der Waals surface area contributed by atoms with Crippen LogP contribution in [-0.4, -0.2) is 53.6 Å². The second kappa shape index (κ2) is 10.7. The zero-order valence-electron chi connectivity index (χ0n) is 20.6. The summed E-state index contributed by atoms with van der Waals surface area (Å²) in [6.07, 6.45) is 3.24. The molecular formula is C29H37NO4. The Morgan fingerprint density at radius 1 is 0.971 bits per heavy atom. The number of phenols is 1. The van der Waals surface area contributed by atoms with E-state index < -0.39 is 5.60 Å². The Balaban J connectivity index is 1.44. The lowest BCUT2D eigenvalue weighted by molar-refractivity contribution is 0.0282. The van der Waals surface area contributed by atoms with E-state index >= 15 is 0 Å². The second-order valence-electron chi connectivity index (χ2n) is 10.2. The summed E-state index contributed by atoms with van der Waals surface area (Å²) in [6, 6.07) is 17.5. The standard InChI is InChI=1S/C29H37NO4/c1-21-12-14-30(15-13-21)16-17-33-25-8-4-22(5-9-25)18-27-26-10-7-24(31)19-23(26)6-11-28(27)34-20-29(2,3)32/h4-11,19,21,31-32H,12-18,20H2,1-3H3. The van der Waals surface area contributed by atoms with Crippen molar-refractivity contribution in [2.24, 2.45) is 5.92 Å². The van der Waals surface area contributed by atoms with Crippen LogP contribution >= 0.6 is 0 Å². The van der Waals surface area contributed by atoms with Gasteiger partial charge in [-0.2, -0.15) is 0 Å². The topological polar surface area (TPSA) is 62.2 Å². The van der Waals surface area contributed by atoms with Crippen molar-refractivity contribution in [3.8, 4) is 17.2 Å². The quantitative estimate of drug-likeness (QED) is 0.445. The third-order valence-electron chi connectivity index (χ3n) is 6.51. The first kappa shape index (κ1) is 24.4. The fourth-order valence-corrected chi connectivity index (χ4v) is 4.42. The fraction of sp³-hybridized carbons (Fsp3) is 0.448. The van der Waals surface area contributed by atoms with E-state index in [-0.39, 0.29) is 12.4 Å². The van der Waals surface area contributed by atoms with Gasteiger partial charge in [0, 0.05) is 18.5 Å². The fourth-order valence-electron chi connectivity index (χ4n) is 4.42. The number of phenolic OH excluding ortho intramolecular Hbond substituents is 1. The van der Waals surface area contributed by atoms with E-state index in [0.29, 0.717) is 13.0 Å². The summed E-state index contributed by atoms with van der Waals surface area (Å²) in [5, 5.41) is 22.0. The number of nitrogens with zero attached hydrogens (tertiary/aromatic N) is 1. The lowest BCUT2D eigenvalue weighted by atomic mass is 9.97. The maximum atomic E-state index is 10.1. The molecule has 0 bridgehead atoms. The third kappa shape index (κ3) is 6.64. The van der Waals surface area contributed by atoms with E-state index in [1.165, 1.54) is 25.9 Å². The lowest BCUT2D eigenvalue weighted by Gasteiger charge is -2.29. The molecule has 1 aliphatic heterocycles. The van der Waals surface area contributed by atoms with Crippen molar-refractivity contribution < 1.29 is 19.7 Å². The zero-order chi connectivity index (χ0) is 24.1. The first-order valence-electron chi connectivity index (χ1n) is 12.3. The number of ether oxygens (including phenoxy) is 2. The molecule has 182 valence electrons. The zero-order valence-corrected chi connectivity index (χ0v) is 20.6. The number of benzene rings is 3. The van der Waals surface area contributed by atoms with Crippen LogP contribution in [-0.2, 0) is 6.42 Å². The van der Waals surface area contributed by atoms with Crippen LogP contribution in [0.5, 0.6) is 17.2 Å². The summed E-state index contributed by atoms with van der Waals surface area (Å²) in [4.78, 5) is 2.49. The normalized spacial score (nSPS) is 15.5. The van der Waals surface area contributed by atoms with E-state index in [0.717, 1.165) is 45.9 Å². The van der Waals surface area contributed by atoms with E-state index in [4.69, 9.17) is 9.47 Å². The summed E-state index contributed by atoms with van der Waals surface area (Å²) < 4.78 is 12.0. The highest BCUT2D eigenvalue weighted by atomic mass is 16.5. The van der Waals surface area contributed by atoms with Gasteiger partial charge in [-0.15, -0.1) is 0 Å². The SMILES string of the molecule is CC1CCN(CCOc2ccc(Cc3c(OCC(C)(C)O)ccc4cc(O)ccc34)cc2)CC1. The van der Waals surface area contributed by atoms with Crippen LogP contribution in [0, 0.1) is 5.92 Å². The van der Waals surface area contributed by atoms with Gasteiger partial charge in [-0.3, -0.25) is 4.90 Å². The number of hydrogen-bond acceptors (Lipinski definition) is 5. The van der Waals surface area contributed by atoms with Crippen LogP contribution in [0.4, 0.5) is 0 Å². The molecule has 5 nitrogen and oxygen atoms in total. The summed E-state index contributed by atoms with van der Waals surface area (Å²) in [6.45, 7) is 10.0. The molecule has 3 aromatic rings. The molecule has 0 unspecified atom stereocenters. The Morgan fingerprint density at radius 2 is 1.71 bits per heavy atom. The van der Waals surface area contributed by atoms with Gasteiger partial charge in [0.25, 0.3) is 0 Å². The number of aliphatic hydroxyl groups is 1. The molecule has 3 aromatic carbocycles. The van der Waals surface area contributed by atoms with Crippen LogP contribution in [0.1, 0.15) is 44.7 Å². The van der Waals surface area contributed by atoms with Crippen molar-refractivity contribution in [2.75, 3.05) is 32.8 Å². The van der Waals surface area contributed by atoms with E-state index in [1.807, 2.05) is 30.3 Å². The second-order valence-corrected chi connectivity index (χ2v) is 10.2. The summed E-state index contributed by atoms with van der Waals surface area (Å²) in [7, 11) is 0. The van der Waals surface area contributed by atoms with Gasteiger partial charge in [0.05, 0.1) is 5.60 Å². The molecule has 1 fully saturated rings. The van der Waals surface area contributed by atoms with Crippen molar-refractivity contribution in [1.82, 2.24) is 4.90 Å². The number of hydrogen-bond donors (Lipinski definition) is 2. The summed E-state index contributed by atoms with van der Waals surface area (Å²) >= 11 is 0. The number of fused-ring (bicyclic) bond motifs is 1. The van der Waals surface area contributed by atoms with Crippen LogP contribution in [0.3, 0.4) is 0 Å². The molecule has 1 saturated heterocycles. The molecule has 2 N–H and O–H groups in total. The molecule has 0 aromatic heterocycles. The molecule has 1 heterocycles. The number of aromatic hydroxyl groups is 1. The molecule has 0 aliphatic carbocycles. The molecule has 0 saturated carbocycles. The largest absolute Gasteiger partial charge is 0.508 e. The molecule has 0 spiro atoms. The molecule has 0 atom stereocenters. The minimum absolute atomic E-state index is 0.201. The lowest BCUT2D eigenvalue weighted by Crippen LogP contribution is -2.35. The van der Waals surface area contributed by atoms with Crippen molar-refractivity contribution in [1.29, 1.82) is 0 Å². The predicted molar refractivity (Wildman–Crippen MR) is 137 cm³/mol. The summed E-state index contributed by atoms with van der Waals surface area (Å²) in [5.74, 6) is 2.72. The monoisotopic (exact) mass is 463 g/mol. The first-order valence-corrected chi connectivity index (χ1v) is 12.3. The Hall–Kier alpha value is -2.76. The van der Waals surface area contributed by atoms with E-state index in [2.05, 4.69) is 24.0 Å². The molecule has 0 amide bonds. The number of likely N-dealkylation sites (tertiary alicyclic amines) is 1. The van der Waals surface area contributed by atoms with E-state index in [1.54, 1.807) is 26.0 Å². The Morgan fingerprint density at radius 3 is 2.41 bits per heavy atom. The highest BCUT2D eigenvalue weighted by Crippen LogP contribution is 2.33. The Labute approximate surface area is 202 Å². The average Bonchev–Trinajstić information content (AvgIpc) is 2.80. The predicted octanol–water partition coefficient (Wildman–Crippen LogP) is 5.40. The van der Waals surface area contributed by atoms with Gasteiger partial charge in [-0.25, -0.2) is 0 Å². The minimum atomic E-state index is -0.924. The maximum absolute atomic E-state index is 10.1. The molecule has 4 rings (SSSR count). The van der Waals surface area contributed by atoms with Crippen molar-refractivity contribution in [2.45, 2.75) is 45.6 Å². The number of piperidine rings is 1. The Kier molecular flexibility index (Phi) is 7.64. The van der Waals surface area contributed by atoms with Crippen LogP contribution in [0.25, 0.3) is 10.8 Å². The van der Waals surface area contributed by atoms with Crippen molar-refractivity contribution >= 4 is 10.8 Å². The average molecular weight is 464 g/mol. The van der Waals surface area contributed by atoms with E-state index in [9.17, 15) is 10.2 Å². The van der Waals surface area contributed by atoms with Gasteiger partial charge in [0.2, 0.25) is 0 Å². The molecule has 5 heteroatoms. The van der Waals surface area contributed by atoms with Crippen LogP contribution in [0.15, 0.2) is 54.6 Å². The summed E-state index contributed by atoms with van der Waals surface area (Å²) in [5.41, 5.74) is 1.26. The first-order chi connectivity index (χ1) is 16.3. The van der Waals surface area contributed by atoms with Crippen LogP contribution in [0.2, 0.25) is 0 Å². The third-order valence-corrected chi connectivity index (χ3v) is 6.51. The maximum Gasteiger partial charge on any atom is 0.123 e. The van der Waals surface area contributed by atoms with Gasteiger partial charge in [0.15, 0.2) is 0 Å². The molecule has 34 heavy (non-hydrogen) atoms. The minimum Gasteiger partial charge on any atom is -0.508 e. The van der Waals surface area contributed by atoms with Crippen LogP contribution < -0.4 is 9.47 Å². The van der Waals surface area contributed by atoms with Gasteiger partial charge in [-0.05, 0) is 92.4 Å². The highest BCUT2D eigenvalue weighted by Gasteiger charge is 2.17. The Bertz CT molecular complexity index is 1080. The van der Waals surface area contributed by atoms with Crippen molar-refractivity contribution in [3.63, 3.8) is 0 Å². The van der Waals surface area contributed by atoms with Gasteiger partial charge < -0.3 is 19.7 Å².